The number of aromatic nitrogens is 1. The fraction of sp³-hybridized carbons (Fsp3) is 0.333. The molecule has 1 heterocycles. The smallest absolute Gasteiger partial charge is 0.185 e. The second-order valence-corrected chi connectivity index (χ2v) is 4.51. The number of thioether (sulfide) groups is 1. The van der Waals surface area contributed by atoms with Gasteiger partial charge in [0.2, 0.25) is 0 Å². The highest BCUT2D eigenvalue weighted by Gasteiger charge is 1.93. The average molecular weight is 221 g/mol. The largest absolute Gasteiger partial charge is 0.288 e. The number of carbonyl (C=O) groups is 1. The minimum absolute atomic E-state index is 0.178. The fourth-order valence-electron chi connectivity index (χ4n) is 1.14. The standard InChI is InChI=1S/C12H15NOS/c1-10-6-5-8-13-12(10)7-3-4-9-15-11(2)14/h3,5-8H,4,9H2,1-2H3. The predicted octanol–water partition coefficient (Wildman–Crippen LogP) is 3.07. The van der Waals surface area contributed by atoms with E-state index in [0.29, 0.717) is 0 Å². The molecule has 0 aromatic carbocycles. The van der Waals surface area contributed by atoms with E-state index >= 15 is 0 Å². The van der Waals surface area contributed by atoms with Crippen molar-refractivity contribution >= 4 is 23.0 Å². The average Bonchev–Trinajstić information content (AvgIpc) is 2.20. The van der Waals surface area contributed by atoms with Crippen LogP contribution in [0.4, 0.5) is 0 Å². The number of rotatable bonds is 4. The molecule has 0 amide bonds. The molecule has 0 fully saturated rings. The van der Waals surface area contributed by atoms with Crippen molar-refractivity contribution in [2.45, 2.75) is 20.3 Å². The normalized spacial score (nSPS) is 10.8. The Labute approximate surface area is 94.8 Å². The number of hydrogen-bond acceptors (Lipinski definition) is 3. The maximum absolute atomic E-state index is 10.7. The monoisotopic (exact) mass is 221 g/mol. The minimum atomic E-state index is 0.178. The maximum atomic E-state index is 10.7. The van der Waals surface area contributed by atoms with Crippen molar-refractivity contribution in [1.29, 1.82) is 0 Å². The summed E-state index contributed by atoms with van der Waals surface area (Å²) in [6, 6.07) is 3.97. The molecule has 1 rings (SSSR count). The third kappa shape index (κ3) is 4.79. The van der Waals surface area contributed by atoms with Crippen molar-refractivity contribution in [1.82, 2.24) is 4.98 Å². The van der Waals surface area contributed by atoms with Crippen LogP contribution in [0, 0.1) is 6.92 Å². The predicted molar refractivity (Wildman–Crippen MR) is 65.8 cm³/mol. The maximum Gasteiger partial charge on any atom is 0.185 e. The van der Waals surface area contributed by atoms with Crippen LogP contribution in [-0.2, 0) is 4.79 Å². The summed E-state index contributed by atoms with van der Waals surface area (Å²) in [5, 5.41) is 0.178. The Morgan fingerprint density at radius 1 is 1.60 bits per heavy atom. The lowest BCUT2D eigenvalue weighted by atomic mass is 10.2. The summed E-state index contributed by atoms with van der Waals surface area (Å²) in [7, 11) is 0. The van der Waals surface area contributed by atoms with Crippen molar-refractivity contribution in [3.05, 3.63) is 35.7 Å². The van der Waals surface area contributed by atoms with Crippen molar-refractivity contribution < 1.29 is 4.79 Å². The van der Waals surface area contributed by atoms with E-state index in [-0.39, 0.29) is 5.12 Å². The molecular formula is C12H15NOS. The number of allylic oxidation sites excluding steroid dienone is 1. The summed E-state index contributed by atoms with van der Waals surface area (Å²) < 4.78 is 0. The van der Waals surface area contributed by atoms with Gasteiger partial charge in [-0.2, -0.15) is 0 Å². The molecule has 0 saturated heterocycles. The summed E-state index contributed by atoms with van der Waals surface area (Å²) >= 11 is 1.36. The van der Waals surface area contributed by atoms with Crippen molar-refractivity contribution in [2.75, 3.05) is 5.75 Å². The van der Waals surface area contributed by atoms with Crippen LogP contribution in [0.5, 0.6) is 0 Å². The Morgan fingerprint density at radius 3 is 3.07 bits per heavy atom. The Hall–Kier alpha value is -1.09. The van der Waals surface area contributed by atoms with Gasteiger partial charge in [0.15, 0.2) is 5.12 Å². The minimum Gasteiger partial charge on any atom is -0.288 e. The second kappa shape index (κ2) is 6.40. The summed E-state index contributed by atoms with van der Waals surface area (Å²) in [6.45, 7) is 3.63. The molecular weight excluding hydrogens is 206 g/mol. The van der Waals surface area contributed by atoms with E-state index in [4.69, 9.17) is 0 Å². The zero-order valence-electron chi connectivity index (χ0n) is 9.06. The van der Waals surface area contributed by atoms with Gasteiger partial charge in [-0.25, -0.2) is 0 Å². The molecule has 80 valence electrons. The lowest BCUT2D eigenvalue weighted by Crippen LogP contribution is -1.86. The second-order valence-electron chi connectivity index (χ2n) is 3.24. The molecule has 0 saturated carbocycles. The number of carbonyl (C=O) groups excluding carboxylic acids is 1. The van der Waals surface area contributed by atoms with Crippen LogP contribution in [0.25, 0.3) is 6.08 Å². The molecule has 0 spiro atoms. The summed E-state index contributed by atoms with van der Waals surface area (Å²) in [5.41, 5.74) is 2.18. The number of pyridine rings is 1. The lowest BCUT2D eigenvalue weighted by Gasteiger charge is -1.97. The van der Waals surface area contributed by atoms with Gasteiger partial charge in [0, 0.05) is 18.9 Å². The van der Waals surface area contributed by atoms with Gasteiger partial charge >= 0.3 is 0 Å². The molecule has 0 radical (unpaired) electrons. The van der Waals surface area contributed by atoms with E-state index in [2.05, 4.69) is 11.1 Å². The Bertz CT molecular complexity index is 360. The first-order chi connectivity index (χ1) is 7.20. The molecule has 2 nitrogen and oxygen atoms in total. The van der Waals surface area contributed by atoms with Crippen molar-refractivity contribution in [3.63, 3.8) is 0 Å². The SMILES string of the molecule is CC(=O)SCCC=Cc1ncccc1C. The quantitative estimate of drug-likeness (QED) is 0.732. The van der Waals surface area contributed by atoms with Crippen LogP contribution < -0.4 is 0 Å². The molecule has 0 atom stereocenters. The molecule has 0 N–H and O–H groups in total. The molecule has 0 unspecified atom stereocenters. The first kappa shape index (κ1) is 12.0. The van der Waals surface area contributed by atoms with Crippen LogP contribution in [0.1, 0.15) is 24.6 Å². The number of aryl methyl sites for hydroxylation is 1. The van der Waals surface area contributed by atoms with Gasteiger partial charge in [0.1, 0.15) is 0 Å². The van der Waals surface area contributed by atoms with E-state index in [1.165, 1.54) is 17.3 Å². The first-order valence-electron chi connectivity index (χ1n) is 4.91. The van der Waals surface area contributed by atoms with E-state index in [1.807, 2.05) is 25.1 Å². The zero-order chi connectivity index (χ0) is 11.1. The van der Waals surface area contributed by atoms with E-state index in [0.717, 1.165) is 17.9 Å². The van der Waals surface area contributed by atoms with Gasteiger partial charge in [-0.1, -0.05) is 23.9 Å². The first-order valence-corrected chi connectivity index (χ1v) is 5.90. The fourth-order valence-corrected chi connectivity index (χ4v) is 1.68. The van der Waals surface area contributed by atoms with E-state index in [9.17, 15) is 4.79 Å². The molecule has 0 aliphatic rings. The van der Waals surface area contributed by atoms with Gasteiger partial charge in [-0.3, -0.25) is 9.78 Å². The van der Waals surface area contributed by atoms with Gasteiger partial charge in [-0.05, 0) is 31.1 Å². The molecule has 15 heavy (non-hydrogen) atoms. The molecule has 0 aliphatic carbocycles. The molecule has 1 aromatic heterocycles. The highest BCUT2D eigenvalue weighted by molar-refractivity contribution is 8.13. The van der Waals surface area contributed by atoms with Gasteiger partial charge in [0.05, 0.1) is 5.69 Å². The van der Waals surface area contributed by atoms with Gasteiger partial charge in [0.25, 0.3) is 0 Å². The Balaban J connectivity index is 2.38. The molecule has 3 heteroatoms. The van der Waals surface area contributed by atoms with Crippen LogP contribution in [0.15, 0.2) is 24.4 Å². The lowest BCUT2D eigenvalue weighted by molar-refractivity contribution is -0.109. The topological polar surface area (TPSA) is 30.0 Å². The third-order valence-electron chi connectivity index (χ3n) is 1.92. The summed E-state index contributed by atoms with van der Waals surface area (Å²) in [6.07, 6.45) is 6.76. The van der Waals surface area contributed by atoms with Crippen LogP contribution in [0.2, 0.25) is 0 Å². The number of nitrogens with zero attached hydrogens (tertiary/aromatic N) is 1. The highest BCUT2D eigenvalue weighted by atomic mass is 32.2. The zero-order valence-corrected chi connectivity index (χ0v) is 9.88. The molecule has 0 bridgehead atoms. The van der Waals surface area contributed by atoms with E-state index < -0.39 is 0 Å². The number of hydrogen-bond donors (Lipinski definition) is 0. The Kier molecular flexibility index (Phi) is 5.12. The molecule has 0 aliphatic heterocycles. The Morgan fingerprint density at radius 2 is 2.40 bits per heavy atom. The molecule has 1 aromatic rings. The third-order valence-corrected chi connectivity index (χ3v) is 2.76. The van der Waals surface area contributed by atoms with E-state index in [1.54, 1.807) is 13.1 Å². The summed E-state index contributed by atoms with van der Waals surface area (Å²) in [4.78, 5) is 14.9. The highest BCUT2D eigenvalue weighted by Crippen LogP contribution is 2.08. The van der Waals surface area contributed by atoms with Crippen molar-refractivity contribution in [3.8, 4) is 0 Å². The van der Waals surface area contributed by atoms with Gasteiger partial charge < -0.3 is 0 Å². The van der Waals surface area contributed by atoms with Crippen molar-refractivity contribution in [2.24, 2.45) is 0 Å². The van der Waals surface area contributed by atoms with Gasteiger partial charge in [-0.15, -0.1) is 0 Å². The summed E-state index contributed by atoms with van der Waals surface area (Å²) in [5.74, 6) is 0.845. The van der Waals surface area contributed by atoms with Crippen LogP contribution >= 0.6 is 11.8 Å². The van der Waals surface area contributed by atoms with Crippen LogP contribution in [0.3, 0.4) is 0 Å². The van der Waals surface area contributed by atoms with Crippen LogP contribution in [-0.4, -0.2) is 15.9 Å².